The molecule has 0 spiro atoms. The standard InChI is InChI=1S/C36H38ClN3O5/c1-7-29(34(42)39-23-41)30(18-19-36(4,5)35(43)44-6)31-20-28(16-17-33(31)38-21-24(2)12-13-25(3)37)45-22-27-15-14-26-10-8-9-11-32(26)40-27/h7-18,20,23,38H,2-3,19,21-22H2,1,4-6H3,(H,39,41,42)/b13-12-,29-7-,30-18+. The molecule has 2 aromatic carbocycles. The van der Waals surface area contributed by atoms with E-state index in [1.807, 2.05) is 48.5 Å². The van der Waals surface area contributed by atoms with Crippen LogP contribution in [0.1, 0.15) is 38.4 Å². The maximum atomic E-state index is 13.1. The highest BCUT2D eigenvalue weighted by molar-refractivity contribution is 6.30. The van der Waals surface area contributed by atoms with E-state index in [2.05, 4.69) is 23.8 Å². The Hall–Kier alpha value is -4.95. The SMILES string of the molecule is C=C(Cl)/C=C\C(=C)CNc1ccc(OCc2ccc3ccccc3n2)cc1C(=C/CC(C)(C)C(=O)OC)/C(=C/C)C(=O)NC=O. The zero-order chi connectivity index (χ0) is 33.0. The summed E-state index contributed by atoms with van der Waals surface area (Å²) in [5.41, 5.74) is 3.43. The molecule has 0 aliphatic rings. The van der Waals surface area contributed by atoms with Crippen LogP contribution in [-0.4, -0.2) is 36.9 Å². The summed E-state index contributed by atoms with van der Waals surface area (Å²) in [7, 11) is 1.33. The van der Waals surface area contributed by atoms with Crippen LogP contribution in [0.4, 0.5) is 5.69 Å². The average Bonchev–Trinajstić information content (AvgIpc) is 3.03. The first-order valence-corrected chi connectivity index (χ1v) is 14.6. The molecule has 0 aliphatic carbocycles. The number of methoxy groups -OCH3 is 1. The lowest BCUT2D eigenvalue weighted by atomic mass is 9.85. The number of allylic oxidation sites excluding steroid dienone is 4. The summed E-state index contributed by atoms with van der Waals surface area (Å²) in [6, 6.07) is 17.2. The summed E-state index contributed by atoms with van der Waals surface area (Å²) in [5.74, 6) is -0.480. The number of amides is 2. The van der Waals surface area contributed by atoms with Crippen molar-refractivity contribution in [1.29, 1.82) is 0 Å². The molecule has 2 N–H and O–H groups in total. The number of benzene rings is 2. The summed E-state index contributed by atoms with van der Waals surface area (Å²) in [4.78, 5) is 41.5. The molecule has 234 valence electrons. The maximum absolute atomic E-state index is 13.1. The fourth-order valence-corrected chi connectivity index (χ4v) is 4.50. The summed E-state index contributed by atoms with van der Waals surface area (Å²) in [6.07, 6.45) is 7.36. The predicted molar refractivity (Wildman–Crippen MR) is 181 cm³/mol. The Morgan fingerprint density at radius 2 is 1.82 bits per heavy atom. The number of para-hydroxylation sites is 1. The molecule has 0 radical (unpaired) electrons. The van der Waals surface area contributed by atoms with Crippen LogP contribution in [-0.2, 0) is 25.7 Å². The van der Waals surface area contributed by atoms with Crippen molar-refractivity contribution in [3.05, 3.63) is 119 Å². The van der Waals surface area contributed by atoms with E-state index in [4.69, 9.17) is 26.1 Å². The zero-order valence-electron chi connectivity index (χ0n) is 26.0. The van der Waals surface area contributed by atoms with Crippen molar-refractivity contribution in [2.45, 2.75) is 33.8 Å². The molecule has 0 unspecified atom stereocenters. The molecular formula is C36H38ClN3O5. The third kappa shape index (κ3) is 9.78. The number of anilines is 1. The number of rotatable bonds is 15. The minimum absolute atomic E-state index is 0.206. The summed E-state index contributed by atoms with van der Waals surface area (Å²) in [6.45, 7) is 13.5. The van der Waals surface area contributed by atoms with Crippen molar-refractivity contribution in [1.82, 2.24) is 10.3 Å². The van der Waals surface area contributed by atoms with Crippen LogP contribution >= 0.6 is 11.6 Å². The van der Waals surface area contributed by atoms with Crippen LogP contribution in [0.15, 0.2) is 108 Å². The second-order valence-electron chi connectivity index (χ2n) is 10.8. The van der Waals surface area contributed by atoms with Gasteiger partial charge in [-0.2, -0.15) is 0 Å². The second-order valence-corrected chi connectivity index (χ2v) is 11.3. The molecule has 2 amide bonds. The van der Waals surface area contributed by atoms with Crippen LogP contribution < -0.4 is 15.4 Å². The Kier molecular flexibility index (Phi) is 12.4. The number of pyridine rings is 1. The zero-order valence-corrected chi connectivity index (χ0v) is 26.7. The number of fused-ring (bicyclic) bond motifs is 1. The first-order valence-electron chi connectivity index (χ1n) is 14.2. The first-order chi connectivity index (χ1) is 21.5. The van der Waals surface area contributed by atoms with Crippen molar-refractivity contribution in [3.8, 4) is 5.75 Å². The van der Waals surface area contributed by atoms with Gasteiger partial charge in [0, 0.05) is 33.8 Å². The fourth-order valence-electron chi connectivity index (χ4n) is 4.43. The number of nitrogens with zero attached hydrogens (tertiary/aromatic N) is 1. The summed E-state index contributed by atoms with van der Waals surface area (Å²) >= 11 is 5.87. The van der Waals surface area contributed by atoms with Crippen LogP contribution in [0.3, 0.4) is 0 Å². The summed E-state index contributed by atoms with van der Waals surface area (Å²) < 4.78 is 11.2. The van der Waals surface area contributed by atoms with Gasteiger partial charge in [-0.1, -0.05) is 67.3 Å². The van der Waals surface area contributed by atoms with Gasteiger partial charge in [-0.15, -0.1) is 0 Å². The molecule has 0 saturated heterocycles. The van der Waals surface area contributed by atoms with Crippen LogP contribution in [0.5, 0.6) is 5.75 Å². The topological polar surface area (TPSA) is 107 Å². The molecule has 9 heteroatoms. The molecular weight excluding hydrogens is 590 g/mol. The Balaban J connectivity index is 2.08. The third-order valence-corrected chi connectivity index (χ3v) is 7.02. The largest absolute Gasteiger partial charge is 0.487 e. The molecule has 3 rings (SSSR count). The number of carbonyl (C=O) groups excluding carboxylic acids is 3. The van der Waals surface area contributed by atoms with Gasteiger partial charge in [0.25, 0.3) is 5.91 Å². The molecule has 0 fully saturated rings. The highest BCUT2D eigenvalue weighted by atomic mass is 35.5. The molecule has 0 saturated carbocycles. The Morgan fingerprint density at radius 3 is 2.51 bits per heavy atom. The molecule has 0 bridgehead atoms. The highest BCUT2D eigenvalue weighted by Crippen LogP contribution is 2.36. The highest BCUT2D eigenvalue weighted by Gasteiger charge is 2.29. The van der Waals surface area contributed by atoms with E-state index in [1.165, 1.54) is 7.11 Å². The monoisotopic (exact) mass is 627 g/mol. The van der Waals surface area contributed by atoms with E-state index >= 15 is 0 Å². The molecule has 1 aromatic heterocycles. The Morgan fingerprint density at radius 1 is 1.07 bits per heavy atom. The van der Waals surface area contributed by atoms with Gasteiger partial charge in [0.1, 0.15) is 12.4 Å². The third-order valence-electron chi connectivity index (χ3n) is 6.90. The number of hydrogen-bond donors (Lipinski definition) is 2. The maximum Gasteiger partial charge on any atom is 0.311 e. The van der Waals surface area contributed by atoms with Crippen LogP contribution in [0.2, 0.25) is 0 Å². The first kappa shape index (κ1) is 34.5. The normalized spacial score (nSPS) is 12.1. The van der Waals surface area contributed by atoms with Gasteiger partial charge in [-0.05, 0) is 74.7 Å². The number of esters is 1. The van der Waals surface area contributed by atoms with Crippen molar-refractivity contribution in [2.24, 2.45) is 5.41 Å². The number of hydrogen-bond acceptors (Lipinski definition) is 7. The number of halogens is 1. The van der Waals surface area contributed by atoms with Crippen molar-refractivity contribution in [3.63, 3.8) is 0 Å². The van der Waals surface area contributed by atoms with E-state index < -0.39 is 17.3 Å². The van der Waals surface area contributed by atoms with Gasteiger partial charge >= 0.3 is 5.97 Å². The van der Waals surface area contributed by atoms with Gasteiger partial charge in [-0.3, -0.25) is 19.7 Å². The minimum atomic E-state index is -0.896. The molecule has 0 aliphatic heterocycles. The molecule has 1 heterocycles. The van der Waals surface area contributed by atoms with E-state index in [9.17, 15) is 14.4 Å². The minimum Gasteiger partial charge on any atom is -0.487 e. The van der Waals surface area contributed by atoms with Gasteiger partial charge < -0.3 is 14.8 Å². The van der Waals surface area contributed by atoms with Gasteiger partial charge in [0.15, 0.2) is 0 Å². The average molecular weight is 628 g/mol. The molecule has 8 nitrogen and oxygen atoms in total. The van der Waals surface area contributed by atoms with Gasteiger partial charge in [0.05, 0.1) is 23.7 Å². The van der Waals surface area contributed by atoms with Crippen molar-refractivity contribution in [2.75, 3.05) is 19.0 Å². The number of aromatic nitrogens is 1. The smallest absolute Gasteiger partial charge is 0.311 e. The quantitative estimate of drug-likeness (QED) is 0.0789. The van der Waals surface area contributed by atoms with Gasteiger partial charge in [-0.25, -0.2) is 4.98 Å². The van der Waals surface area contributed by atoms with E-state index in [0.29, 0.717) is 40.6 Å². The number of carbonyl (C=O) groups is 3. The Labute approximate surface area is 269 Å². The number of ether oxygens (including phenoxy) is 2. The van der Waals surface area contributed by atoms with E-state index in [0.717, 1.165) is 22.2 Å². The fraction of sp³-hybridized carbons (Fsp3) is 0.222. The lowest BCUT2D eigenvalue weighted by Gasteiger charge is -2.22. The second kappa shape index (κ2) is 16.2. The lowest BCUT2D eigenvalue weighted by Crippen LogP contribution is -2.26. The Bertz CT molecular complexity index is 1690. The van der Waals surface area contributed by atoms with Crippen molar-refractivity contribution < 1.29 is 23.9 Å². The number of imide groups is 1. The summed E-state index contributed by atoms with van der Waals surface area (Å²) in [5, 5.41) is 7.00. The van der Waals surface area contributed by atoms with E-state index in [-0.39, 0.29) is 18.6 Å². The lowest BCUT2D eigenvalue weighted by molar-refractivity contribution is -0.150. The molecule has 0 atom stereocenters. The predicted octanol–water partition coefficient (Wildman–Crippen LogP) is 7.28. The van der Waals surface area contributed by atoms with Crippen molar-refractivity contribution >= 4 is 52.1 Å². The molecule has 45 heavy (non-hydrogen) atoms. The van der Waals surface area contributed by atoms with Crippen LogP contribution in [0.25, 0.3) is 16.5 Å². The number of nitrogens with one attached hydrogen (secondary N) is 2. The van der Waals surface area contributed by atoms with Gasteiger partial charge in [0.2, 0.25) is 6.41 Å². The molecule has 3 aromatic rings. The van der Waals surface area contributed by atoms with Crippen LogP contribution in [0, 0.1) is 5.41 Å². The van der Waals surface area contributed by atoms with E-state index in [1.54, 1.807) is 51.1 Å².